The third-order valence-corrected chi connectivity index (χ3v) is 3.84. The van der Waals surface area contributed by atoms with E-state index in [0.717, 1.165) is 13.0 Å². The van der Waals surface area contributed by atoms with Crippen molar-refractivity contribution < 1.29 is 0 Å². The number of hydrogen-bond donors (Lipinski definition) is 1. The third kappa shape index (κ3) is 5.00. The van der Waals surface area contributed by atoms with Gasteiger partial charge in [0, 0.05) is 6.04 Å². The van der Waals surface area contributed by atoms with Crippen LogP contribution in [-0.2, 0) is 6.42 Å². The number of benzene rings is 1. The summed E-state index contributed by atoms with van der Waals surface area (Å²) in [5.74, 6) is 0.584. The summed E-state index contributed by atoms with van der Waals surface area (Å²) in [5.41, 5.74) is 6.50. The van der Waals surface area contributed by atoms with Gasteiger partial charge in [-0.15, -0.1) is 5.73 Å². The van der Waals surface area contributed by atoms with Gasteiger partial charge in [0.05, 0.1) is 0 Å². The number of nitrogens with one attached hydrogen (secondary N) is 1. The van der Waals surface area contributed by atoms with Crippen molar-refractivity contribution in [3.05, 3.63) is 53.3 Å². The van der Waals surface area contributed by atoms with Crippen LogP contribution in [0.5, 0.6) is 0 Å². The van der Waals surface area contributed by atoms with E-state index in [4.69, 9.17) is 0 Å². The van der Waals surface area contributed by atoms with Crippen LogP contribution in [0, 0.1) is 5.92 Å². The van der Waals surface area contributed by atoms with E-state index >= 15 is 0 Å². The highest BCUT2D eigenvalue weighted by Crippen LogP contribution is 2.19. The van der Waals surface area contributed by atoms with Crippen LogP contribution >= 0.6 is 0 Å². The van der Waals surface area contributed by atoms with Gasteiger partial charge in [-0.2, -0.15) is 0 Å². The van der Waals surface area contributed by atoms with E-state index in [1.165, 1.54) is 36.8 Å². The molecule has 1 nitrogen and oxygen atoms in total. The van der Waals surface area contributed by atoms with E-state index in [2.05, 4.69) is 61.3 Å². The van der Waals surface area contributed by atoms with Crippen molar-refractivity contribution >= 4 is 0 Å². The molecule has 1 atom stereocenters. The molecular formula is C19H27N. The Kier molecular flexibility index (Phi) is 6.11. The smallest absolute Gasteiger partial charge is 0.0355 e. The minimum absolute atomic E-state index is 0.570. The van der Waals surface area contributed by atoms with Crippen LogP contribution in [-0.4, -0.2) is 12.6 Å². The van der Waals surface area contributed by atoms with Gasteiger partial charge in [0.25, 0.3) is 0 Å². The molecule has 1 heterocycles. The second kappa shape index (κ2) is 8.09. The summed E-state index contributed by atoms with van der Waals surface area (Å²) in [6.07, 6.45) is 8.35. The van der Waals surface area contributed by atoms with Crippen LogP contribution in [0.1, 0.15) is 45.1 Å². The lowest BCUT2D eigenvalue weighted by Gasteiger charge is -2.13. The van der Waals surface area contributed by atoms with Crippen molar-refractivity contribution in [2.45, 2.75) is 52.0 Å². The summed E-state index contributed by atoms with van der Waals surface area (Å²) in [7, 11) is 0. The Morgan fingerprint density at radius 2 is 2.15 bits per heavy atom. The Bertz CT molecular complexity index is 446. The highest BCUT2D eigenvalue weighted by Gasteiger charge is 2.17. The molecule has 1 unspecified atom stereocenters. The van der Waals surface area contributed by atoms with Crippen LogP contribution in [0.4, 0.5) is 0 Å². The lowest BCUT2D eigenvalue weighted by Crippen LogP contribution is -2.23. The quantitative estimate of drug-likeness (QED) is 0.750. The lowest BCUT2D eigenvalue weighted by atomic mass is 9.98. The molecular weight excluding hydrogens is 242 g/mol. The van der Waals surface area contributed by atoms with E-state index in [9.17, 15) is 0 Å². The monoisotopic (exact) mass is 269 g/mol. The summed E-state index contributed by atoms with van der Waals surface area (Å²) < 4.78 is 0. The van der Waals surface area contributed by atoms with Crippen LogP contribution in [0.15, 0.2) is 47.7 Å². The van der Waals surface area contributed by atoms with Crippen molar-refractivity contribution in [2.24, 2.45) is 5.92 Å². The highest BCUT2D eigenvalue weighted by molar-refractivity contribution is 5.16. The van der Waals surface area contributed by atoms with Gasteiger partial charge < -0.3 is 5.32 Å². The molecule has 20 heavy (non-hydrogen) atoms. The van der Waals surface area contributed by atoms with E-state index < -0.39 is 0 Å². The fraction of sp³-hybridized carbons (Fsp3) is 0.526. The summed E-state index contributed by atoms with van der Waals surface area (Å²) in [6, 6.07) is 11.4. The minimum atomic E-state index is 0.570. The molecule has 0 bridgehead atoms. The first kappa shape index (κ1) is 15.1. The van der Waals surface area contributed by atoms with Gasteiger partial charge in [-0.3, -0.25) is 0 Å². The predicted molar refractivity (Wildman–Crippen MR) is 86.8 cm³/mol. The average Bonchev–Trinajstić information content (AvgIpc) is 2.97. The second-order valence-corrected chi connectivity index (χ2v) is 6.07. The lowest BCUT2D eigenvalue weighted by molar-refractivity contribution is 0.641. The Morgan fingerprint density at radius 1 is 1.35 bits per heavy atom. The Labute approximate surface area is 123 Å². The maximum Gasteiger partial charge on any atom is 0.0355 e. The van der Waals surface area contributed by atoms with Gasteiger partial charge in [-0.25, -0.2) is 0 Å². The first-order valence-electron chi connectivity index (χ1n) is 7.98. The molecule has 1 saturated heterocycles. The minimum Gasteiger partial charge on any atom is -0.310 e. The average molecular weight is 269 g/mol. The molecule has 0 radical (unpaired) electrons. The third-order valence-electron chi connectivity index (χ3n) is 3.84. The maximum atomic E-state index is 3.61. The normalized spacial score (nSPS) is 18.1. The topological polar surface area (TPSA) is 12.0 Å². The van der Waals surface area contributed by atoms with E-state index in [-0.39, 0.29) is 0 Å². The van der Waals surface area contributed by atoms with Crippen molar-refractivity contribution in [3.63, 3.8) is 0 Å². The fourth-order valence-corrected chi connectivity index (χ4v) is 2.73. The number of hydrogen-bond acceptors (Lipinski definition) is 1. The van der Waals surface area contributed by atoms with Crippen LogP contribution in [0.2, 0.25) is 0 Å². The summed E-state index contributed by atoms with van der Waals surface area (Å²) in [5, 5.41) is 3.61. The SMILES string of the molecule is CC(C)C=C=C(CCCc1ccccc1)C1CCCN1. The van der Waals surface area contributed by atoms with Gasteiger partial charge >= 0.3 is 0 Å². The molecule has 0 saturated carbocycles. The van der Waals surface area contributed by atoms with E-state index in [0.29, 0.717) is 12.0 Å². The number of aryl methyl sites for hydroxylation is 1. The van der Waals surface area contributed by atoms with Crippen molar-refractivity contribution in [2.75, 3.05) is 6.54 Å². The molecule has 1 heteroatoms. The number of rotatable bonds is 6. The zero-order valence-electron chi connectivity index (χ0n) is 12.9. The zero-order valence-corrected chi connectivity index (χ0v) is 12.9. The molecule has 2 rings (SSSR count). The molecule has 1 fully saturated rings. The first-order chi connectivity index (χ1) is 9.75. The molecule has 1 aromatic rings. The molecule has 1 aromatic carbocycles. The fourth-order valence-electron chi connectivity index (χ4n) is 2.73. The van der Waals surface area contributed by atoms with Gasteiger partial charge in [0.2, 0.25) is 0 Å². The molecule has 108 valence electrons. The molecule has 1 aliphatic rings. The maximum absolute atomic E-state index is 3.61. The van der Waals surface area contributed by atoms with Crippen molar-refractivity contribution in [3.8, 4) is 0 Å². The van der Waals surface area contributed by atoms with Crippen LogP contribution in [0.25, 0.3) is 0 Å². The van der Waals surface area contributed by atoms with Gasteiger partial charge in [0.1, 0.15) is 0 Å². The van der Waals surface area contributed by atoms with Crippen LogP contribution < -0.4 is 5.32 Å². The van der Waals surface area contributed by atoms with Crippen LogP contribution in [0.3, 0.4) is 0 Å². The molecule has 0 aliphatic carbocycles. The Hall–Kier alpha value is -1.30. The Morgan fingerprint density at radius 3 is 2.80 bits per heavy atom. The summed E-state index contributed by atoms with van der Waals surface area (Å²) >= 11 is 0. The van der Waals surface area contributed by atoms with E-state index in [1.807, 2.05) is 0 Å². The zero-order chi connectivity index (χ0) is 14.2. The van der Waals surface area contributed by atoms with Gasteiger partial charge in [-0.05, 0) is 61.8 Å². The van der Waals surface area contributed by atoms with Gasteiger partial charge in [0.15, 0.2) is 0 Å². The second-order valence-electron chi connectivity index (χ2n) is 6.07. The van der Waals surface area contributed by atoms with Crippen molar-refractivity contribution in [1.29, 1.82) is 0 Å². The van der Waals surface area contributed by atoms with E-state index in [1.54, 1.807) is 0 Å². The van der Waals surface area contributed by atoms with Crippen molar-refractivity contribution in [1.82, 2.24) is 5.32 Å². The largest absolute Gasteiger partial charge is 0.310 e. The van der Waals surface area contributed by atoms with Gasteiger partial charge in [-0.1, -0.05) is 44.2 Å². The Balaban J connectivity index is 1.92. The predicted octanol–water partition coefficient (Wildman–Crippen LogP) is 4.50. The molecule has 0 spiro atoms. The summed E-state index contributed by atoms with van der Waals surface area (Å²) in [4.78, 5) is 0. The molecule has 1 aliphatic heterocycles. The summed E-state index contributed by atoms with van der Waals surface area (Å²) in [6.45, 7) is 5.60. The first-order valence-corrected chi connectivity index (χ1v) is 7.98. The molecule has 1 N–H and O–H groups in total. The molecule has 0 aromatic heterocycles. The molecule has 0 amide bonds. The standard InChI is InChI=1S/C19H27N/c1-16(2)13-14-18(19-12-7-15-20-19)11-6-10-17-8-4-3-5-9-17/h3-5,8-9,13,16,19-20H,6-7,10-12,15H2,1-2H3. The highest BCUT2D eigenvalue weighted by atomic mass is 14.9.